The molecular weight excluding hydrogens is 250 g/mol. The number of nitrogens with two attached hydrogens (primary N) is 1. The van der Waals surface area contributed by atoms with Crippen LogP contribution in [0.2, 0.25) is 10.0 Å². The van der Waals surface area contributed by atoms with Crippen LogP contribution in [0, 0.1) is 5.82 Å². The smallest absolute Gasteiger partial charge is 0.165 e. The van der Waals surface area contributed by atoms with Gasteiger partial charge < -0.3 is 5.73 Å². The maximum atomic E-state index is 13.2. The Bertz CT molecular complexity index is 544. The van der Waals surface area contributed by atoms with Crippen molar-refractivity contribution in [2.45, 2.75) is 0 Å². The minimum absolute atomic E-state index is 0.137. The fourth-order valence-corrected chi connectivity index (χ4v) is 1.73. The summed E-state index contributed by atoms with van der Waals surface area (Å²) in [5.74, 6) is -0.713. The minimum atomic E-state index is -0.575. The number of hydrogen-bond donors (Lipinski definition) is 1. The third-order valence-electron chi connectivity index (χ3n) is 2.13. The van der Waals surface area contributed by atoms with Crippen LogP contribution < -0.4 is 5.73 Å². The van der Waals surface area contributed by atoms with Gasteiger partial charge in [-0.2, -0.15) is 0 Å². The molecule has 5 heteroatoms. The molecule has 2 aromatic rings. The highest BCUT2D eigenvalue weighted by molar-refractivity contribution is 6.43. The van der Waals surface area contributed by atoms with E-state index in [9.17, 15) is 4.39 Å². The van der Waals surface area contributed by atoms with Crippen LogP contribution in [0.25, 0.3) is 11.1 Å². The van der Waals surface area contributed by atoms with Crippen LogP contribution in [0.1, 0.15) is 0 Å². The molecule has 2 nitrogen and oxygen atoms in total. The van der Waals surface area contributed by atoms with E-state index in [0.29, 0.717) is 21.2 Å². The quantitative estimate of drug-likeness (QED) is 0.844. The van der Waals surface area contributed by atoms with Gasteiger partial charge in [-0.3, -0.25) is 0 Å². The molecule has 1 heterocycles. The van der Waals surface area contributed by atoms with E-state index in [-0.39, 0.29) is 5.82 Å². The zero-order chi connectivity index (χ0) is 11.7. The lowest BCUT2D eigenvalue weighted by Gasteiger charge is -2.06. The van der Waals surface area contributed by atoms with E-state index in [1.807, 2.05) is 0 Å². The predicted molar refractivity (Wildman–Crippen MR) is 64.1 cm³/mol. The number of nitrogens with zero attached hydrogens (tertiary/aromatic N) is 1. The van der Waals surface area contributed by atoms with Crippen LogP contribution in [-0.2, 0) is 0 Å². The molecule has 0 saturated heterocycles. The van der Waals surface area contributed by atoms with Crippen LogP contribution in [0.3, 0.4) is 0 Å². The van der Waals surface area contributed by atoms with Crippen molar-refractivity contribution < 1.29 is 4.39 Å². The van der Waals surface area contributed by atoms with E-state index in [4.69, 9.17) is 28.9 Å². The molecule has 2 N–H and O–H groups in total. The highest BCUT2D eigenvalue weighted by Gasteiger charge is 2.09. The first-order chi connectivity index (χ1) is 7.59. The normalized spacial score (nSPS) is 10.4. The van der Waals surface area contributed by atoms with Crippen molar-refractivity contribution in [2.75, 3.05) is 5.73 Å². The molecule has 0 bridgehead atoms. The van der Waals surface area contributed by atoms with Gasteiger partial charge in [0.2, 0.25) is 0 Å². The zero-order valence-corrected chi connectivity index (χ0v) is 9.56. The van der Waals surface area contributed by atoms with E-state index in [0.717, 1.165) is 0 Å². The van der Waals surface area contributed by atoms with Gasteiger partial charge >= 0.3 is 0 Å². The Morgan fingerprint density at radius 2 is 2.00 bits per heavy atom. The van der Waals surface area contributed by atoms with Gasteiger partial charge in [-0.25, -0.2) is 9.37 Å². The first-order valence-corrected chi connectivity index (χ1v) is 5.20. The molecule has 0 radical (unpaired) electrons. The highest BCUT2D eigenvalue weighted by Crippen LogP contribution is 2.33. The minimum Gasteiger partial charge on any atom is -0.381 e. The summed E-state index contributed by atoms with van der Waals surface area (Å²) < 4.78 is 13.2. The highest BCUT2D eigenvalue weighted by atomic mass is 35.5. The van der Waals surface area contributed by atoms with Crippen molar-refractivity contribution in [1.29, 1.82) is 0 Å². The van der Waals surface area contributed by atoms with Gasteiger partial charge in [-0.15, -0.1) is 0 Å². The van der Waals surface area contributed by atoms with E-state index < -0.39 is 5.82 Å². The number of benzene rings is 1. The Morgan fingerprint density at radius 1 is 1.25 bits per heavy atom. The zero-order valence-electron chi connectivity index (χ0n) is 8.05. The first kappa shape index (κ1) is 11.2. The average Bonchev–Trinajstić information content (AvgIpc) is 2.26. The molecule has 0 aliphatic rings. The summed E-state index contributed by atoms with van der Waals surface area (Å²) in [6.07, 6.45) is 1.45. The number of nitrogen functional groups attached to an aromatic ring is 1. The topological polar surface area (TPSA) is 38.9 Å². The van der Waals surface area contributed by atoms with Crippen LogP contribution in [-0.4, -0.2) is 4.98 Å². The van der Waals surface area contributed by atoms with Gasteiger partial charge in [-0.1, -0.05) is 35.3 Å². The van der Waals surface area contributed by atoms with Gasteiger partial charge in [0.1, 0.15) is 0 Å². The Balaban J connectivity index is 2.59. The lowest BCUT2D eigenvalue weighted by atomic mass is 10.1. The lowest BCUT2D eigenvalue weighted by Crippen LogP contribution is -1.95. The summed E-state index contributed by atoms with van der Waals surface area (Å²) in [6.45, 7) is 0. The SMILES string of the molecule is Nc1ncc(-c2cccc(Cl)c2Cl)cc1F. The number of anilines is 1. The van der Waals surface area contributed by atoms with Crippen molar-refractivity contribution in [1.82, 2.24) is 4.98 Å². The Labute approximate surface area is 102 Å². The maximum Gasteiger partial charge on any atom is 0.165 e. The molecule has 0 saturated carbocycles. The van der Waals surface area contributed by atoms with E-state index in [2.05, 4.69) is 4.98 Å². The average molecular weight is 257 g/mol. The maximum absolute atomic E-state index is 13.2. The Hall–Kier alpha value is -1.32. The third kappa shape index (κ3) is 1.96. The Kier molecular flexibility index (Phi) is 2.99. The van der Waals surface area contributed by atoms with Crippen LogP contribution in [0.4, 0.5) is 10.2 Å². The van der Waals surface area contributed by atoms with Crippen molar-refractivity contribution in [3.63, 3.8) is 0 Å². The van der Waals surface area contributed by atoms with Gasteiger partial charge in [0.15, 0.2) is 11.6 Å². The number of halogens is 3. The number of aromatic nitrogens is 1. The summed E-state index contributed by atoms with van der Waals surface area (Å²) >= 11 is 11.9. The molecule has 0 atom stereocenters. The van der Waals surface area contributed by atoms with Crippen molar-refractivity contribution in [3.05, 3.63) is 46.3 Å². The summed E-state index contributed by atoms with van der Waals surface area (Å²) in [5.41, 5.74) is 6.46. The molecule has 16 heavy (non-hydrogen) atoms. The summed E-state index contributed by atoms with van der Waals surface area (Å²) in [7, 11) is 0. The number of pyridine rings is 1. The molecule has 1 aromatic carbocycles. The van der Waals surface area contributed by atoms with E-state index in [1.165, 1.54) is 12.3 Å². The molecule has 0 fully saturated rings. The van der Waals surface area contributed by atoms with E-state index in [1.54, 1.807) is 18.2 Å². The lowest BCUT2D eigenvalue weighted by molar-refractivity contribution is 0.628. The molecule has 0 amide bonds. The van der Waals surface area contributed by atoms with Gasteiger partial charge in [0.05, 0.1) is 10.0 Å². The second-order valence-corrected chi connectivity index (χ2v) is 3.98. The molecule has 0 aliphatic heterocycles. The Morgan fingerprint density at radius 3 is 2.69 bits per heavy atom. The largest absolute Gasteiger partial charge is 0.381 e. The van der Waals surface area contributed by atoms with Crippen molar-refractivity contribution in [2.24, 2.45) is 0 Å². The third-order valence-corrected chi connectivity index (χ3v) is 2.95. The molecular formula is C11H7Cl2FN2. The predicted octanol–water partition coefficient (Wildman–Crippen LogP) is 3.78. The van der Waals surface area contributed by atoms with Gasteiger partial charge in [0.25, 0.3) is 0 Å². The molecule has 0 aliphatic carbocycles. The summed E-state index contributed by atoms with van der Waals surface area (Å²) in [6, 6.07) is 6.41. The summed E-state index contributed by atoms with van der Waals surface area (Å²) in [4.78, 5) is 3.73. The fourth-order valence-electron chi connectivity index (χ4n) is 1.32. The second-order valence-electron chi connectivity index (χ2n) is 3.19. The number of rotatable bonds is 1. The van der Waals surface area contributed by atoms with Gasteiger partial charge in [0, 0.05) is 17.3 Å². The fraction of sp³-hybridized carbons (Fsp3) is 0. The first-order valence-electron chi connectivity index (χ1n) is 4.45. The van der Waals surface area contributed by atoms with Crippen molar-refractivity contribution >= 4 is 29.0 Å². The molecule has 0 spiro atoms. The second kappa shape index (κ2) is 4.28. The van der Waals surface area contributed by atoms with Crippen LogP contribution in [0.15, 0.2) is 30.5 Å². The van der Waals surface area contributed by atoms with Crippen LogP contribution >= 0.6 is 23.2 Å². The van der Waals surface area contributed by atoms with Crippen LogP contribution in [0.5, 0.6) is 0 Å². The summed E-state index contributed by atoms with van der Waals surface area (Å²) in [5, 5.41) is 0.784. The standard InChI is InChI=1S/C11H7Cl2FN2/c12-8-3-1-2-7(10(8)13)6-4-9(14)11(15)16-5-6/h1-5H,(H2,15,16). The van der Waals surface area contributed by atoms with E-state index >= 15 is 0 Å². The molecule has 82 valence electrons. The van der Waals surface area contributed by atoms with Crippen molar-refractivity contribution in [3.8, 4) is 11.1 Å². The molecule has 2 rings (SSSR count). The molecule has 1 aromatic heterocycles. The van der Waals surface area contributed by atoms with Gasteiger partial charge in [-0.05, 0) is 12.1 Å². The number of hydrogen-bond acceptors (Lipinski definition) is 2. The monoisotopic (exact) mass is 256 g/mol. The molecule has 0 unspecified atom stereocenters.